The second-order valence-corrected chi connectivity index (χ2v) is 3.90. The lowest BCUT2D eigenvalue weighted by Crippen LogP contribution is -2.08. The predicted octanol–water partition coefficient (Wildman–Crippen LogP) is 3.21. The summed E-state index contributed by atoms with van der Waals surface area (Å²) in [6.45, 7) is 7.07. The maximum atomic E-state index is 6.02. The van der Waals surface area contributed by atoms with E-state index in [0.29, 0.717) is 5.15 Å². The maximum Gasteiger partial charge on any atom is 0.137 e. The normalized spacial score (nSPS) is 10.4. The number of halogens is 1. The minimum Gasteiger partial charge on any atom is -0.370 e. The fourth-order valence-corrected chi connectivity index (χ4v) is 1.43. The van der Waals surface area contributed by atoms with Crippen LogP contribution in [0.1, 0.15) is 38.1 Å². The molecule has 0 spiro atoms. The molecule has 84 valence electrons. The molecule has 1 heterocycles. The van der Waals surface area contributed by atoms with Crippen LogP contribution in [0.2, 0.25) is 5.15 Å². The largest absolute Gasteiger partial charge is 0.370 e. The molecule has 1 aromatic heterocycles. The van der Waals surface area contributed by atoms with Gasteiger partial charge in [-0.25, -0.2) is 9.97 Å². The predicted molar refractivity (Wildman–Crippen MR) is 64.6 cm³/mol. The van der Waals surface area contributed by atoms with E-state index in [1.807, 2.05) is 13.8 Å². The van der Waals surface area contributed by atoms with Crippen molar-refractivity contribution in [2.45, 2.75) is 40.0 Å². The molecule has 0 aliphatic rings. The Morgan fingerprint density at radius 3 is 2.60 bits per heavy atom. The van der Waals surface area contributed by atoms with Crippen LogP contribution in [0, 0.1) is 6.92 Å². The van der Waals surface area contributed by atoms with Crippen LogP contribution >= 0.6 is 11.6 Å². The Morgan fingerprint density at radius 2 is 2.00 bits per heavy atom. The van der Waals surface area contributed by atoms with E-state index in [1.54, 1.807) is 0 Å². The van der Waals surface area contributed by atoms with Crippen molar-refractivity contribution in [1.29, 1.82) is 0 Å². The number of aryl methyl sites for hydroxylation is 1. The third-order valence-electron chi connectivity index (χ3n) is 2.27. The van der Waals surface area contributed by atoms with Crippen molar-refractivity contribution in [2.75, 3.05) is 11.9 Å². The van der Waals surface area contributed by atoms with E-state index in [4.69, 9.17) is 11.6 Å². The lowest BCUT2D eigenvalue weighted by atomic mass is 10.3. The average molecular weight is 228 g/mol. The van der Waals surface area contributed by atoms with Crippen LogP contribution in [0.15, 0.2) is 0 Å². The van der Waals surface area contributed by atoms with Gasteiger partial charge in [0, 0.05) is 18.5 Å². The number of aromatic nitrogens is 2. The minimum atomic E-state index is 0.556. The summed E-state index contributed by atoms with van der Waals surface area (Å²) in [4.78, 5) is 8.61. The topological polar surface area (TPSA) is 37.8 Å². The summed E-state index contributed by atoms with van der Waals surface area (Å²) < 4.78 is 0. The molecule has 15 heavy (non-hydrogen) atoms. The minimum absolute atomic E-state index is 0.556. The van der Waals surface area contributed by atoms with Crippen molar-refractivity contribution < 1.29 is 0 Å². The van der Waals surface area contributed by atoms with Gasteiger partial charge in [-0.3, -0.25) is 0 Å². The molecular weight excluding hydrogens is 210 g/mol. The van der Waals surface area contributed by atoms with E-state index < -0.39 is 0 Å². The lowest BCUT2D eigenvalue weighted by molar-refractivity contribution is 0.824. The van der Waals surface area contributed by atoms with Gasteiger partial charge >= 0.3 is 0 Å². The zero-order chi connectivity index (χ0) is 11.3. The van der Waals surface area contributed by atoms with Crippen LogP contribution < -0.4 is 5.32 Å². The third kappa shape index (κ3) is 3.34. The van der Waals surface area contributed by atoms with E-state index in [2.05, 4.69) is 22.2 Å². The Kier molecular flexibility index (Phi) is 4.82. The molecule has 0 bridgehead atoms. The summed E-state index contributed by atoms with van der Waals surface area (Å²) in [5.74, 6) is 1.67. The monoisotopic (exact) mass is 227 g/mol. The van der Waals surface area contributed by atoms with E-state index in [9.17, 15) is 0 Å². The Labute approximate surface area is 96.3 Å². The quantitative estimate of drug-likeness (QED) is 0.620. The fourth-order valence-electron chi connectivity index (χ4n) is 1.25. The van der Waals surface area contributed by atoms with Crippen molar-refractivity contribution in [2.24, 2.45) is 0 Å². The second-order valence-electron chi connectivity index (χ2n) is 3.54. The molecule has 0 fully saturated rings. The second kappa shape index (κ2) is 5.91. The van der Waals surface area contributed by atoms with Crippen molar-refractivity contribution in [1.82, 2.24) is 9.97 Å². The summed E-state index contributed by atoms with van der Waals surface area (Å²) in [6, 6.07) is 0. The molecule has 0 amide bonds. The first-order valence-electron chi connectivity index (χ1n) is 5.45. The van der Waals surface area contributed by atoms with Gasteiger partial charge in [0.2, 0.25) is 0 Å². The zero-order valence-electron chi connectivity index (χ0n) is 9.60. The van der Waals surface area contributed by atoms with Gasteiger partial charge in [0.15, 0.2) is 0 Å². The Bertz CT molecular complexity index is 326. The highest BCUT2D eigenvalue weighted by molar-refractivity contribution is 6.30. The number of rotatable bonds is 5. The van der Waals surface area contributed by atoms with Gasteiger partial charge < -0.3 is 5.32 Å². The third-order valence-corrected chi connectivity index (χ3v) is 2.64. The van der Waals surface area contributed by atoms with E-state index in [-0.39, 0.29) is 0 Å². The van der Waals surface area contributed by atoms with Gasteiger partial charge in [0.25, 0.3) is 0 Å². The van der Waals surface area contributed by atoms with Gasteiger partial charge in [-0.2, -0.15) is 0 Å². The first kappa shape index (κ1) is 12.2. The zero-order valence-corrected chi connectivity index (χ0v) is 10.4. The number of anilines is 1. The highest BCUT2D eigenvalue weighted by Gasteiger charge is 2.07. The first-order valence-corrected chi connectivity index (χ1v) is 5.83. The van der Waals surface area contributed by atoms with Gasteiger partial charge in [-0.05, 0) is 13.3 Å². The van der Waals surface area contributed by atoms with E-state index >= 15 is 0 Å². The molecule has 0 saturated heterocycles. The van der Waals surface area contributed by atoms with Crippen LogP contribution in [0.25, 0.3) is 0 Å². The Hall–Kier alpha value is -0.830. The summed E-state index contributed by atoms with van der Waals surface area (Å²) in [6.07, 6.45) is 3.12. The van der Waals surface area contributed by atoms with Crippen molar-refractivity contribution in [3.8, 4) is 0 Å². The van der Waals surface area contributed by atoms with Crippen LogP contribution in [-0.2, 0) is 6.42 Å². The standard InChI is InChI=1S/C11H18ClN3/c1-4-6-7-13-11-8(3)10(12)14-9(5-2)15-11/h4-7H2,1-3H3,(H,13,14,15). The summed E-state index contributed by atoms with van der Waals surface area (Å²) >= 11 is 6.02. The van der Waals surface area contributed by atoms with Gasteiger partial charge in [0.05, 0.1) is 0 Å². The number of unbranched alkanes of at least 4 members (excludes halogenated alkanes) is 1. The van der Waals surface area contributed by atoms with Crippen LogP contribution in [0.5, 0.6) is 0 Å². The lowest BCUT2D eigenvalue weighted by Gasteiger charge is -2.10. The molecule has 0 aromatic carbocycles. The Balaban J connectivity index is 2.80. The fraction of sp³-hybridized carbons (Fsp3) is 0.636. The molecular formula is C11H18ClN3. The summed E-state index contributed by atoms with van der Waals surface area (Å²) in [5.41, 5.74) is 0.935. The SMILES string of the molecule is CCCCNc1nc(CC)nc(Cl)c1C. The van der Waals surface area contributed by atoms with Crippen LogP contribution in [0.3, 0.4) is 0 Å². The van der Waals surface area contributed by atoms with Crippen LogP contribution in [0.4, 0.5) is 5.82 Å². The van der Waals surface area contributed by atoms with Gasteiger partial charge in [-0.1, -0.05) is 31.9 Å². The van der Waals surface area contributed by atoms with Crippen LogP contribution in [-0.4, -0.2) is 16.5 Å². The molecule has 0 unspecified atom stereocenters. The number of nitrogens with zero attached hydrogens (tertiary/aromatic N) is 2. The molecule has 4 heteroatoms. The molecule has 1 N–H and O–H groups in total. The molecule has 0 radical (unpaired) electrons. The highest BCUT2D eigenvalue weighted by Crippen LogP contribution is 2.19. The number of hydrogen-bond acceptors (Lipinski definition) is 3. The summed E-state index contributed by atoms with van der Waals surface area (Å²) in [7, 11) is 0. The Morgan fingerprint density at radius 1 is 1.27 bits per heavy atom. The highest BCUT2D eigenvalue weighted by atomic mass is 35.5. The van der Waals surface area contributed by atoms with Gasteiger partial charge in [0.1, 0.15) is 16.8 Å². The first-order chi connectivity index (χ1) is 7.19. The average Bonchev–Trinajstić information content (AvgIpc) is 2.24. The van der Waals surface area contributed by atoms with Crippen molar-refractivity contribution in [3.63, 3.8) is 0 Å². The number of nitrogens with one attached hydrogen (secondary N) is 1. The smallest absolute Gasteiger partial charge is 0.137 e. The molecule has 3 nitrogen and oxygen atoms in total. The van der Waals surface area contributed by atoms with Crippen molar-refractivity contribution in [3.05, 3.63) is 16.5 Å². The van der Waals surface area contributed by atoms with Crippen molar-refractivity contribution >= 4 is 17.4 Å². The molecule has 1 aromatic rings. The molecule has 0 atom stereocenters. The molecule has 0 saturated carbocycles. The maximum absolute atomic E-state index is 6.02. The van der Waals surface area contributed by atoms with E-state index in [1.165, 1.54) is 6.42 Å². The van der Waals surface area contributed by atoms with Gasteiger partial charge in [-0.15, -0.1) is 0 Å². The summed E-state index contributed by atoms with van der Waals surface area (Å²) in [5, 5.41) is 3.85. The number of hydrogen-bond donors (Lipinski definition) is 1. The molecule has 1 rings (SSSR count). The van der Waals surface area contributed by atoms with E-state index in [0.717, 1.165) is 36.6 Å². The molecule has 0 aliphatic carbocycles. The molecule has 0 aliphatic heterocycles.